The van der Waals surface area contributed by atoms with Crippen LogP contribution in [-0.2, 0) is 15.1 Å². The maximum absolute atomic E-state index is 13.3. The lowest BCUT2D eigenvalue weighted by Gasteiger charge is -2.25. The van der Waals surface area contributed by atoms with Crippen LogP contribution in [0.15, 0.2) is 42.5 Å². The first-order valence-corrected chi connectivity index (χ1v) is 9.04. The molecule has 1 saturated heterocycles. The van der Waals surface area contributed by atoms with Crippen LogP contribution < -0.4 is 10.6 Å². The summed E-state index contributed by atoms with van der Waals surface area (Å²) in [6.45, 7) is 5.12. The molecule has 0 aliphatic carbocycles. The number of anilines is 1. The van der Waals surface area contributed by atoms with E-state index >= 15 is 0 Å². The predicted molar refractivity (Wildman–Crippen MR) is 103 cm³/mol. The summed E-state index contributed by atoms with van der Waals surface area (Å²) in [6, 6.07) is 10.4. The molecule has 0 aromatic heterocycles. The number of aryl methyl sites for hydroxylation is 2. The minimum absolute atomic E-state index is 0.276. The molecule has 0 bridgehead atoms. The Hall–Kier alpha value is -3.22. The third kappa shape index (κ3) is 3.47. The predicted octanol–water partition coefficient (Wildman–Crippen LogP) is 3.24. The number of benzene rings is 2. The van der Waals surface area contributed by atoms with Gasteiger partial charge in [-0.3, -0.25) is 14.5 Å². The van der Waals surface area contributed by atoms with E-state index in [0.717, 1.165) is 16.0 Å². The largest absolute Gasteiger partial charge is 0.325 e. The summed E-state index contributed by atoms with van der Waals surface area (Å²) in [6.07, 6.45) is 0.276. The van der Waals surface area contributed by atoms with E-state index in [4.69, 9.17) is 0 Å². The van der Waals surface area contributed by atoms with E-state index in [1.165, 1.54) is 24.3 Å². The lowest BCUT2D eigenvalue weighted by Crippen LogP contribution is -2.44. The maximum atomic E-state index is 13.3. The van der Waals surface area contributed by atoms with Gasteiger partial charge in [0.15, 0.2) is 0 Å². The molecule has 2 aromatic carbocycles. The monoisotopic (exact) mass is 383 g/mol. The first-order valence-electron chi connectivity index (χ1n) is 9.04. The van der Waals surface area contributed by atoms with E-state index in [-0.39, 0.29) is 6.42 Å². The van der Waals surface area contributed by atoms with Gasteiger partial charge in [-0.05, 0) is 55.2 Å². The minimum atomic E-state index is -1.30. The number of urea groups is 1. The van der Waals surface area contributed by atoms with Gasteiger partial charge < -0.3 is 10.6 Å². The zero-order valence-corrected chi connectivity index (χ0v) is 16.0. The zero-order chi connectivity index (χ0) is 20.5. The van der Waals surface area contributed by atoms with Crippen molar-refractivity contribution in [3.8, 4) is 0 Å². The Labute approximate surface area is 162 Å². The van der Waals surface area contributed by atoms with E-state index in [1.807, 2.05) is 32.0 Å². The molecule has 7 heteroatoms. The third-order valence-corrected chi connectivity index (χ3v) is 5.01. The molecule has 2 aromatic rings. The lowest BCUT2D eigenvalue weighted by molar-refractivity contribution is -0.134. The summed E-state index contributed by atoms with van der Waals surface area (Å²) in [4.78, 5) is 38.8. The number of amides is 4. The number of rotatable bonds is 5. The van der Waals surface area contributed by atoms with Gasteiger partial charge in [-0.25, -0.2) is 9.18 Å². The number of carbonyl (C=O) groups is 3. The van der Waals surface area contributed by atoms with Crippen LogP contribution in [-0.4, -0.2) is 29.3 Å². The summed E-state index contributed by atoms with van der Waals surface area (Å²) in [5, 5.41) is 5.43. The standard InChI is InChI=1S/C21H22FN3O3/c1-4-21(15-7-9-16(22)10-8-15)19(27)25(20(28)24-21)12-18(26)23-17-11-13(2)5-6-14(17)3/h5-11H,4,12H2,1-3H3,(H,23,26)(H,24,28)/t21-/m0/s1. The van der Waals surface area contributed by atoms with E-state index in [2.05, 4.69) is 10.6 Å². The molecule has 6 nitrogen and oxygen atoms in total. The molecule has 0 spiro atoms. The van der Waals surface area contributed by atoms with E-state index < -0.39 is 35.7 Å². The fourth-order valence-electron chi connectivity index (χ4n) is 3.35. The van der Waals surface area contributed by atoms with Crippen molar-refractivity contribution in [2.24, 2.45) is 0 Å². The van der Waals surface area contributed by atoms with Crippen LogP contribution in [0.4, 0.5) is 14.9 Å². The summed E-state index contributed by atoms with van der Waals surface area (Å²) in [5.74, 6) is -1.43. The van der Waals surface area contributed by atoms with Gasteiger partial charge in [-0.15, -0.1) is 0 Å². The molecule has 1 heterocycles. The van der Waals surface area contributed by atoms with Gasteiger partial charge in [-0.2, -0.15) is 0 Å². The highest BCUT2D eigenvalue weighted by Gasteiger charge is 2.51. The number of nitrogens with one attached hydrogen (secondary N) is 2. The number of hydrogen-bond donors (Lipinski definition) is 2. The number of halogens is 1. The SMILES string of the molecule is CC[C@@]1(c2ccc(F)cc2)NC(=O)N(CC(=O)Nc2cc(C)ccc2C)C1=O. The number of imide groups is 1. The summed E-state index contributed by atoms with van der Waals surface area (Å²) < 4.78 is 13.3. The van der Waals surface area contributed by atoms with Crippen molar-refractivity contribution in [1.29, 1.82) is 0 Å². The van der Waals surface area contributed by atoms with Gasteiger partial charge in [0.2, 0.25) is 5.91 Å². The molecule has 0 saturated carbocycles. The van der Waals surface area contributed by atoms with Crippen molar-refractivity contribution >= 4 is 23.5 Å². The van der Waals surface area contributed by atoms with Crippen LogP contribution in [0, 0.1) is 19.7 Å². The molecule has 28 heavy (non-hydrogen) atoms. The Morgan fingerprint density at radius 3 is 2.46 bits per heavy atom. The van der Waals surface area contributed by atoms with Gasteiger partial charge in [0.25, 0.3) is 5.91 Å². The van der Waals surface area contributed by atoms with Gasteiger partial charge in [-0.1, -0.05) is 31.2 Å². The quantitative estimate of drug-likeness (QED) is 0.778. The van der Waals surface area contributed by atoms with Crippen LogP contribution in [0.3, 0.4) is 0 Å². The Morgan fingerprint density at radius 2 is 1.82 bits per heavy atom. The van der Waals surface area contributed by atoms with Crippen molar-refractivity contribution in [2.45, 2.75) is 32.7 Å². The Morgan fingerprint density at radius 1 is 1.14 bits per heavy atom. The third-order valence-electron chi connectivity index (χ3n) is 5.01. The maximum Gasteiger partial charge on any atom is 0.325 e. The highest BCUT2D eigenvalue weighted by Crippen LogP contribution is 2.32. The topological polar surface area (TPSA) is 78.5 Å². The van der Waals surface area contributed by atoms with Crippen molar-refractivity contribution < 1.29 is 18.8 Å². The molecule has 4 amide bonds. The number of nitrogens with zero attached hydrogens (tertiary/aromatic N) is 1. The summed E-state index contributed by atoms with van der Waals surface area (Å²) >= 11 is 0. The number of carbonyl (C=O) groups excluding carboxylic acids is 3. The smallest absolute Gasteiger partial charge is 0.324 e. The Kier molecular flexibility index (Phi) is 5.18. The van der Waals surface area contributed by atoms with E-state index in [1.54, 1.807) is 6.92 Å². The van der Waals surface area contributed by atoms with E-state index in [0.29, 0.717) is 11.3 Å². The van der Waals surface area contributed by atoms with Crippen LogP contribution in [0.5, 0.6) is 0 Å². The van der Waals surface area contributed by atoms with Gasteiger partial charge in [0, 0.05) is 5.69 Å². The molecule has 1 aliphatic rings. The van der Waals surface area contributed by atoms with Crippen LogP contribution >= 0.6 is 0 Å². The van der Waals surface area contributed by atoms with Crippen molar-refractivity contribution in [3.63, 3.8) is 0 Å². The molecule has 0 unspecified atom stereocenters. The second-order valence-corrected chi connectivity index (χ2v) is 6.95. The van der Waals surface area contributed by atoms with Gasteiger partial charge in [0.1, 0.15) is 17.9 Å². The molecule has 0 radical (unpaired) electrons. The highest BCUT2D eigenvalue weighted by atomic mass is 19.1. The second-order valence-electron chi connectivity index (χ2n) is 6.95. The molecular weight excluding hydrogens is 361 g/mol. The average molecular weight is 383 g/mol. The Balaban J connectivity index is 1.80. The zero-order valence-electron chi connectivity index (χ0n) is 16.0. The molecule has 1 atom stereocenters. The molecule has 146 valence electrons. The molecule has 2 N–H and O–H groups in total. The minimum Gasteiger partial charge on any atom is -0.324 e. The molecule has 1 fully saturated rings. The van der Waals surface area contributed by atoms with Crippen molar-refractivity contribution in [1.82, 2.24) is 10.2 Å². The Bertz CT molecular complexity index is 942. The van der Waals surface area contributed by atoms with Crippen molar-refractivity contribution in [2.75, 3.05) is 11.9 Å². The first-order chi connectivity index (χ1) is 13.3. The van der Waals surface area contributed by atoms with Gasteiger partial charge >= 0.3 is 6.03 Å². The number of hydrogen-bond acceptors (Lipinski definition) is 3. The summed E-state index contributed by atoms with van der Waals surface area (Å²) in [7, 11) is 0. The van der Waals surface area contributed by atoms with E-state index in [9.17, 15) is 18.8 Å². The van der Waals surface area contributed by atoms with Gasteiger partial charge in [0.05, 0.1) is 0 Å². The fourth-order valence-corrected chi connectivity index (χ4v) is 3.35. The van der Waals surface area contributed by atoms with Crippen LogP contribution in [0.25, 0.3) is 0 Å². The molecule has 1 aliphatic heterocycles. The van der Waals surface area contributed by atoms with Crippen molar-refractivity contribution in [3.05, 3.63) is 65.0 Å². The van der Waals surface area contributed by atoms with Crippen LogP contribution in [0.2, 0.25) is 0 Å². The van der Waals surface area contributed by atoms with Crippen LogP contribution in [0.1, 0.15) is 30.0 Å². The first kappa shape index (κ1) is 19.5. The second kappa shape index (κ2) is 7.42. The molecular formula is C21H22FN3O3. The fraction of sp³-hybridized carbons (Fsp3) is 0.286. The molecule has 3 rings (SSSR count). The normalized spacial score (nSPS) is 18.9. The lowest BCUT2D eigenvalue weighted by atomic mass is 9.87. The average Bonchev–Trinajstić information content (AvgIpc) is 2.90. The summed E-state index contributed by atoms with van der Waals surface area (Å²) in [5.41, 5.74) is 1.68. The highest BCUT2D eigenvalue weighted by molar-refractivity contribution is 6.10.